The van der Waals surface area contributed by atoms with Crippen LogP contribution in [-0.4, -0.2) is 70.0 Å². The lowest BCUT2D eigenvalue weighted by molar-refractivity contribution is -0.870. The van der Waals surface area contributed by atoms with Crippen LogP contribution in [0.25, 0.3) is 0 Å². The first-order valence-corrected chi connectivity index (χ1v) is 34.0. The molecule has 0 saturated heterocycles. The van der Waals surface area contributed by atoms with Gasteiger partial charge in [-0.05, 0) is 64.2 Å². The van der Waals surface area contributed by atoms with Gasteiger partial charge in [0.15, 0.2) is 6.10 Å². The second-order valence-corrected chi connectivity index (χ2v) is 24.9. The maximum atomic E-state index is 12.8. The van der Waals surface area contributed by atoms with Gasteiger partial charge < -0.3 is 27.9 Å². The van der Waals surface area contributed by atoms with Gasteiger partial charge in [0, 0.05) is 12.8 Å². The Morgan fingerprint density at radius 1 is 0.400 bits per heavy atom. The molecular formula is C65H126NO8P. The number of phosphoric ester groups is 1. The third-order valence-corrected chi connectivity index (χ3v) is 15.7. The topological polar surface area (TPSA) is 111 Å². The van der Waals surface area contributed by atoms with Crippen LogP contribution < -0.4 is 4.89 Å². The van der Waals surface area contributed by atoms with E-state index in [1.807, 2.05) is 21.1 Å². The fourth-order valence-corrected chi connectivity index (χ4v) is 10.4. The summed E-state index contributed by atoms with van der Waals surface area (Å²) in [4.78, 5) is 37.8. The van der Waals surface area contributed by atoms with E-state index < -0.39 is 26.5 Å². The predicted octanol–water partition coefficient (Wildman–Crippen LogP) is 19.9. The van der Waals surface area contributed by atoms with E-state index in [4.69, 9.17) is 18.5 Å². The van der Waals surface area contributed by atoms with Crippen LogP contribution in [0.4, 0.5) is 0 Å². The van der Waals surface area contributed by atoms with E-state index in [-0.39, 0.29) is 32.0 Å². The molecule has 0 spiro atoms. The monoisotopic (exact) mass is 1080 g/mol. The summed E-state index contributed by atoms with van der Waals surface area (Å²) in [6.45, 7) is 4.24. The van der Waals surface area contributed by atoms with Crippen molar-refractivity contribution < 1.29 is 42.1 Å². The largest absolute Gasteiger partial charge is 0.756 e. The summed E-state index contributed by atoms with van der Waals surface area (Å²) < 4.78 is 34.1. The fourth-order valence-electron chi connectivity index (χ4n) is 9.65. The number of allylic oxidation sites excluding steroid dienone is 4. The maximum absolute atomic E-state index is 12.8. The maximum Gasteiger partial charge on any atom is 0.306 e. The van der Waals surface area contributed by atoms with Gasteiger partial charge >= 0.3 is 11.9 Å². The molecule has 0 saturated carbocycles. The second kappa shape index (κ2) is 57.2. The average Bonchev–Trinajstić information content (AvgIpc) is 3.37. The predicted molar refractivity (Wildman–Crippen MR) is 319 cm³/mol. The zero-order valence-electron chi connectivity index (χ0n) is 50.5. The van der Waals surface area contributed by atoms with Crippen LogP contribution in [0.2, 0.25) is 0 Å². The highest BCUT2D eigenvalue weighted by Gasteiger charge is 2.22. The Morgan fingerprint density at radius 3 is 1.01 bits per heavy atom. The molecule has 0 aliphatic heterocycles. The standard InChI is InChI=1S/C65H126NO8P/c1-6-8-10-12-14-16-18-20-21-22-23-24-25-26-27-28-29-30-31-32-33-34-35-36-37-38-39-40-41-42-43-44-45-46-48-50-52-54-56-58-65(68)74-63(62-73-75(69,70)72-60-59-66(3,4)5)61-71-64(67)57-55-53-51-49-47-19-17-15-13-11-9-7-2/h15,17,22-23,63H,6-14,16,18-21,24-62H2,1-5H3/b17-15-,23-22-. The Bertz CT molecular complexity index is 1320. The van der Waals surface area contributed by atoms with Crippen molar-refractivity contribution in [2.24, 2.45) is 0 Å². The summed E-state index contributed by atoms with van der Waals surface area (Å²) in [5, 5.41) is 0. The van der Waals surface area contributed by atoms with Crippen molar-refractivity contribution in [3.8, 4) is 0 Å². The number of likely N-dealkylation sites (N-methyl/N-ethyl adjacent to an activating group) is 1. The molecule has 0 aliphatic rings. The number of ether oxygens (including phenoxy) is 2. The van der Waals surface area contributed by atoms with E-state index in [1.54, 1.807) is 0 Å². The van der Waals surface area contributed by atoms with Crippen molar-refractivity contribution in [3.05, 3.63) is 24.3 Å². The Balaban J connectivity index is 3.83. The Kier molecular flexibility index (Phi) is 56.0. The fraction of sp³-hybridized carbons (Fsp3) is 0.908. The number of unbranched alkanes of at least 4 members (excludes halogenated alkanes) is 43. The SMILES string of the molecule is CCCCC/C=C\CCCCCCCC(=O)OCC(COP(=O)([O-])OCC[N+](C)(C)C)OC(=O)CCCCCCCCCCCCCCCCCCCCCCCCCCCCC/C=C\CCCCCCCCCC. The molecule has 9 nitrogen and oxygen atoms in total. The van der Waals surface area contributed by atoms with Crippen LogP contribution in [0.5, 0.6) is 0 Å². The normalized spacial score (nSPS) is 13.3. The first kappa shape index (κ1) is 73.5. The van der Waals surface area contributed by atoms with E-state index in [2.05, 4.69) is 38.2 Å². The quantitative estimate of drug-likeness (QED) is 0.0195. The molecule has 0 bridgehead atoms. The van der Waals surface area contributed by atoms with Crippen LogP contribution in [0.1, 0.15) is 328 Å². The summed E-state index contributed by atoms with van der Waals surface area (Å²) in [7, 11) is 1.18. The number of carbonyl (C=O) groups is 2. The van der Waals surface area contributed by atoms with Gasteiger partial charge in [0.25, 0.3) is 7.82 Å². The Morgan fingerprint density at radius 2 is 0.680 bits per heavy atom. The minimum Gasteiger partial charge on any atom is -0.756 e. The molecular weight excluding hydrogens is 954 g/mol. The van der Waals surface area contributed by atoms with E-state index in [0.717, 1.165) is 51.4 Å². The lowest BCUT2D eigenvalue weighted by Crippen LogP contribution is -2.37. The van der Waals surface area contributed by atoms with Crippen molar-refractivity contribution in [2.45, 2.75) is 335 Å². The first-order valence-electron chi connectivity index (χ1n) is 32.5. The third-order valence-electron chi connectivity index (χ3n) is 14.7. The van der Waals surface area contributed by atoms with Crippen molar-refractivity contribution in [2.75, 3.05) is 47.5 Å². The minimum absolute atomic E-state index is 0.0292. The van der Waals surface area contributed by atoms with Gasteiger partial charge in [-0.2, -0.15) is 0 Å². The number of hydrogen-bond donors (Lipinski definition) is 0. The van der Waals surface area contributed by atoms with Crippen molar-refractivity contribution in [3.63, 3.8) is 0 Å². The molecule has 75 heavy (non-hydrogen) atoms. The third kappa shape index (κ3) is 61.6. The summed E-state index contributed by atoms with van der Waals surface area (Å²) in [5.41, 5.74) is 0. The van der Waals surface area contributed by atoms with Gasteiger partial charge in [-0.15, -0.1) is 0 Å². The minimum atomic E-state index is -4.63. The molecule has 0 amide bonds. The lowest BCUT2D eigenvalue weighted by Gasteiger charge is -2.28. The van der Waals surface area contributed by atoms with Crippen molar-refractivity contribution in [1.82, 2.24) is 0 Å². The van der Waals surface area contributed by atoms with E-state index in [9.17, 15) is 19.0 Å². The van der Waals surface area contributed by atoms with Crippen molar-refractivity contribution >= 4 is 19.8 Å². The average molecular weight is 1080 g/mol. The lowest BCUT2D eigenvalue weighted by atomic mass is 10.0. The van der Waals surface area contributed by atoms with Gasteiger partial charge in [0.1, 0.15) is 19.8 Å². The van der Waals surface area contributed by atoms with Gasteiger partial charge in [0.2, 0.25) is 0 Å². The molecule has 0 aliphatic carbocycles. The summed E-state index contributed by atoms with van der Waals surface area (Å²) in [6, 6.07) is 0. The number of carbonyl (C=O) groups excluding carboxylic acids is 2. The number of nitrogens with zero attached hydrogens (tertiary/aromatic N) is 1. The van der Waals surface area contributed by atoms with Crippen LogP contribution in [0.15, 0.2) is 24.3 Å². The highest BCUT2D eigenvalue weighted by molar-refractivity contribution is 7.45. The molecule has 0 radical (unpaired) electrons. The molecule has 0 fully saturated rings. The molecule has 0 aromatic heterocycles. The van der Waals surface area contributed by atoms with Crippen LogP contribution in [0.3, 0.4) is 0 Å². The van der Waals surface area contributed by atoms with Gasteiger partial charge in [-0.25, -0.2) is 0 Å². The molecule has 0 heterocycles. The highest BCUT2D eigenvalue weighted by atomic mass is 31.2. The number of rotatable bonds is 61. The second-order valence-electron chi connectivity index (χ2n) is 23.5. The number of quaternary nitrogens is 1. The molecule has 0 aromatic rings. The van der Waals surface area contributed by atoms with E-state index in [1.165, 1.54) is 244 Å². The summed E-state index contributed by atoms with van der Waals surface area (Å²) >= 11 is 0. The number of hydrogen-bond acceptors (Lipinski definition) is 8. The molecule has 0 rings (SSSR count). The molecule has 2 unspecified atom stereocenters. The molecule has 2 atom stereocenters. The van der Waals surface area contributed by atoms with E-state index >= 15 is 0 Å². The number of esters is 2. The van der Waals surface area contributed by atoms with Crippen molar-refractivity contribution in [1.29, 1.82) is 0 Å². The molecule has 0 N–H and O–H groups in total. The smallest absolute Gasteiger partial charge is 0.306 e. The van der Waals surface area contributed by atoms with Crippen LogP contribution >= 0.6 is 7.82 Å². The first-order chi connectivity index (χ1) is 36.5. The van der Waals surface area contributed by atoms with Gasteiger partial charge in [-0.3, -0.25) is 14.2 Å². The zero-order chi connectivity index (χ0) is 54.9. The van der Waals surface area contributed by atoms with Gasteiger partial charge in [-0.1, -0.05) is 276 Å². The Labute approximate surface area is 466 Å². The molecule has 0 aromatic carbocycles. The van der Waals surface area contributed by atoms with Crippen LogP contribution in [-0.2, 0) is 32.7 Å². The van der Waals surface area contributed by atoms with Gasteiger partial charge in [0.05, 0.1) is 27.7 Å². The Hall–Kier alpha value is -1.51. The van der Waals surface area contributed by atoms with Crippen LogP contribution in [0, 0.1) is 0 Å². The summed E-state index contributed by atoms with van der Waals surface area (Å²) in [6.07, 6.45) is 70.0. The summed E-state index contributed by atoms with van der Waals surface area (Å²) in [5.74, 6) is -0.829. The number of phosphoric acid groups is 1. The van der Waals surface area contributed by atoms with E-state index in [0.29, 0.717) is 17.4 Å². The molecule has 10 heteroatoms. The zero-order valence-corrected chi connectivity index (χ0v) is 51.4. The molecule has 444 valence electrons. The highest BCUT2D eigenvalue weighted by Crippen LogP contribution is 2.38.